The minimum absolute atomic E-state index is 0.217. The molecule has 2 nitrogen and oxygen atoms in total. The third-order valence-corrected chi connectivity index (χ3v) is 4.44. The summed E-state index contributed by atoms with van der Waals surface area (Å²) in [5.41, 5.74) is 0.362. The summed E-state index contributed by atoms with van der Waals surface area (Å²) < 4.78 is 26.9. The Hall–Kier alpha value is -1.00. The van der Waals surface area contributed by atoms with Crippen LogP contribution in [0.4, 0.5) is 8.78 Å². The van der Waals surface area contributed by atoms with Gasteiger partial charge in [-0.1, -0.05) is 25.0 Å². The predicted octanol–water partition coefficient (Wildman–Crippen LogP) is 3.41. The number of hydrogen-bond donors (Lipinski definition) is 2. The van der Waals surface area contributed by atoms with E-state index in [4.69, 9.17) is 0 Å². The van der Waals surface area contributed by atoms with Crippen LogP contribution in [0.1, 0.15) is 44.2 Å². The normalized spacial score (nSPS) is 24.6. The fourth-order valence-electron chi connectivity index (χ4n) is 3.09. The number of rotatable bonds is 5. The summed E-state index contributed by atoms with van der Waals surface area (Å²) in [5, 5.41) is 12.7. The molecule has 112 valence electrons. The first kappa shape index (κ1) is 15.4. The highest BCUT2D eigenvalue weighted by Gasteiger charge is 2.25. The van der Waals surface area contributed by atoms with E-state index in [1.54, 1.807) is 6.07 Å². The third kappa shape index (κ3) is 3.55. The highest BCUT2D eigenvalue weighted by Crippen LogP contribution is 2.30. The first-order valence-corrected chi connectivity index (χ1v) is 7.41. The molecule has 4 heteroatoms. The summed E-state index contributed by atoms with van der Waals surface area (Å²) in [4.78, 5) is 0. The number of nitrogens with one attached hydrogen (secondary N) is 1. The summed E-state index contributed by atoms with van der Waals surface area (Å²) in [5.74, 6) is -0.814. The van der Waals surface area contributed by atoms with Crippen molar-refractivity contribution in [3.63, 3.8) is 0 Å². The zero-order chi connectivity index (χ0) is 14.5. The van der Waals surface area contributed by atoms with Gasteiger partial charge in [-0.2, -0.15) is 0 Å². The van der Waals surface area contributed by atoms with Crippen molar-refractivity contribution in [3.8, 4) is 0 Å². The van der Waals surface area contributed by atoms with E-state index in [1.807, 2.05) is 6.92 Å². The van der Waals surface area contributed by atoms with Gasteiger partial charge in [0.25, 0.3) is 0 Å². The van der Waals surface area contributed by atoms with Gasteiger partial charge < -0.3 is 10.4 Å². The Morgan fingerprint density at radius 2 is 1.95 bits per heavy atom. The molecular weight excluding hydrogens is 260 g/mol. The average Bonchev–Trinajstić information content (AvgIpc) is 2.48. The van der Waals surface area contributed by atoms with Gasteiger partial charge >= 0.3 is 0 Å². The molecule has 2 N–H and O–H groups in total. The molecule has 0 amide bonds. The Kier molecular flexibility index (Phi) is 5.49. The number of hydrogen-bond acceptors (Lipinski definition) is 2. The molecule has 0 radical (unpaired) electrons. The van der Waals surface area contributed by atoms with Crippen molar-refractivity contribution in [1.29, 1.82) is 0 Å². The number of benzene rings is 1. The number of halogens is 2. The summed E-state index contributed by atoms with van der Waals surface area (Å²) >= 11 is 0. The molecule has 1 aliphatic rings. The molecule has 20 heavy (non-hydrogen) atoms. The van der Waals surface area contributed by atoms with Crippen molar-refractivity contribution < 1.29 is 13.9 Å². The molecule has 3 atom stereocenters. The van der Waals surface area contributed by atoms with Crippen LogP contribution in [0.5, 0.6) is 0 Å². The standard InChI is InChI=1S/C16H23F2NO/c1-11(14-7-4-8-15(17)16(14)18)19-9-12-5-2-3-6-13(12)10-20/h4,7-8,11-13,19-20H,2-3,5-6,9-10H2,1H3. The van der Waals surface area contributed by atoms with Gasteiger partial charge in [-0.25, -0.2) is 8.78 Å². The molecule has 1 fully saturated rings. The number of aliphatic hydroxyl groups is 1. The first-order chi connectivity index (χ1) is 9.63. The van der Waals surface area contributed by atoms with Gasteiger partial charge in [0.05, 0.1) is 0 Å². The van der Waals surface area contributed by atoms with Gasteiger partial charge in [0.15, 0.2) is 11.6 Å². The van der Waals surface area contributed by atoms with Gasteiger partial charge in [0.1, 0.15) is 0 Å². The minimum atomic E-state index is -0.804. The molecule has 2 rings (SSSR count). The summed E-state index contributed by atoms with van der Waals surface area (Å²) in [6.45, 7) is 2.80. The Morgan fingerprint density at radius 1 is 1.25 bits per heavy atom. The zero-order valence-corrected chi connectivity index (χ0v) is 11.9. The molecule has 0 bridgehead atoms. The van der Waals surface area contributed by atoms with Gasteiger partial charge in [-0.05, 0) is 44.2 Å². The van der Waals surface area contributed by atoms with Crippen LogP contribution >= 0.6 is 0 Å². The van der Waals surface area contributed by atoms with E-state index in [0.29, 0.717) is 17.4 Å². The summed E-state index contributed by atoms with van der Waals surface area (Å²) in [6, 6.07) is 4.05. The third-order valence-electron chi connectivity index (χ3n) is 4.44. The highest BCUT2D eigenvalue weighted by atomic mass is 19.2. The van der Waals surface area contributed by atoms with E-state index in [9.17, 15) is 13.9 Å². The first-order valence-electron chi connectivity index (χ1n) is 7.41. The van der Waals surface area contributed by atoms with Crippen molar-refractivity contribution in [2.75, 3.05) is 13.2 Å². The fraction of sp³-hybridized carbons (Fsp3) is 0.625. The van der Waals surface area contributed by atoms with Gasteiger partial charge in [-0.3, -0.25) is 0 Å². The highest BCUT2D eigenvalue weighted by molar-refractivity contribution is 5.21. The van der Waals surface area contributed by atoms with E-state index >= 15 is 0 Å². The fourth-order valence-corrected chi connectivity index (χ4v) is 3.09. The van der Waals surface area contributed by atoms with Crippen LogP contribution in [0.3, 0.4) is 0 Å². The largest absolute Gasteiger partial charge is 0.396 e. The maximum Gasteiger partial charge on any atom is 0.163 e. The van der Waals surface area contributed by atoms with E-state index < -0.39 is 11.6 Å². The summed E-state index contributed by atoms with van der Waals surface area (Å²) in [6.07, 6.45) is 4.52. The van der Waals surface area contributed by atoms with Crippen LogP contribution in [-0.4, -0.2) is 18.3 Å². The van der Waals surface area contributed by atoms with E-state index in [1.165, 1.54) is 18.9 Å². The van der Waals surface area contributed by atoms with E-state index in [2.05, 4.69) is 5.32 Å². The van der Waals surface area contributed by atoms with Crippen molar-refractivity contribution >= 4 is 0 Å². The topological polar surface area (TPSA) is 32.3 Å². The van der Waals surface area contributed by atoms with Crippen LogP contribution in [0.25, 0.3) is 0 Å². The van der Waals surface area contributed by atoms with Crippen molar-refractivity contribution in [3.05, 3.63) is 35.4 Å². The molecule has 1 aromatic rings. The zero-order valence-electron chi connectivity index (χ0n) is 11.9. The molecule has 0 saturated heterocycles. The smallest absolute Gasteiger partial charge is 0.163 e. The Morgan fingerprint density at radius 3 is 2.65 bits per heavy atom. The van der Waals surface area contributed by atoms with Gasteiger partial charge in [0.2, 0.25) is 0 Å². The molecule has 1 aromatic carbocycles. The molecule has 1 aliphatic carbocycles. The summed E-state index contributed by atoms with van der Waals surface area (Å²) in [7, 11) is 0. The Bertz CT molecular complexity index is 438. The molecule has 0 aliphatic heterocycles. The van der Waals surface area contributed by atoms with Crippen molar-refractivity contribution in [2.45, 2.75) is 38.6 Å². The second-order valence-electron chi connectivity index (χ2n) is 5.76. The quantitative estimate of drug-likeness (QED) is 0.868. The van der Waals surface area contributed by atoms with Crippen LogP contribution in [0.15, 0.2) is 18.2 Å². The van der Waals surface area contributed by atoms with Crippen molar-refractivity contribution in [2.24, 2.45) is 11.8 Å². The molecule has 1 saturated carbocycles. The maximum atomic E-state index is 13.7. The lowest BCUT2D eigenvalue weighted by atomic mass is 9.79. The Balaban J connectivity index is 1.94. The SMILES string of the molecule is CC(NCC1CCCCC1CO)c1cccc(F)c1F. The maximum absolute atomic E-state index is 13.7. The number of aliphatic hydroxyl groups excluding tert-OH is 1. The van der Waals surface area contributed by atoms with Crippen LogP contribution in [0, 0.1) is 23.5 Å². The monoisotopic (exact) mass is 283 g/mol. The van der Waals surface area contributed by atoms with E-state index in [-0.39, 0.29) is 12.6 Å². The molecule has 3 unspecified atom stereocenters. The molecule has 0 spiro atoms. The van der Waals surface area contributed by atoms with Crippen molar-refractivity contribution in [1.82, 2.24) is 5.32 Å². The van der Waals surface area contributed by atoms with Gasteiger partial charge in [0, 0.05) is 18.2 Å². The second kappa shape index (κ2) is 7.14. The molecule has 0 aromatic heterocycles. The second-order valence-corrected chi connectivity index (χ2v) is 5.76. The average molecular weight is 283 g/mol. The van der Waals surface area contributed by atoms with Gasteiger partial charge in [-0.15, -0.1) is 0 Å². The van der Waals surface area contributed by atoms with Crippen LogP contribution < -0.4 is 5.32 Å². The lowest BCUT2D eigenvalue weighted by molar-refractivity contribution is 0.131. The molecular formula is C16H23F2NO. The lowest BCUT2D eigenvalue weighted by Gasteiger charge is -2.31. The van der Waals surface area contributed by atoms with Crippen LogP contribution in [-0.2, 0) is 0 Å². The van der Waals surface area contributed by atoms with E-state index in [0.717, 1.165) is 25.5 Å². The minimum Gasteiger partial charge on any atom is -0.396 e. The Labute approximate surface area is 119 Å². The van der Waals surface area contributed by atoms with Crippen LogP contribution in [0.2, 0.25) is 0 Å². The lowest BCUT2D eigenvalue weighted by Crippen LogP contribution is -2.33. The molecule has 0 heterocycles. The predicted molar refractivity (Wildman–Crippen MR) is 75.3 cm³/mol.